The molecule has 0 saturated carbocycles. The second-order valence-corrected chi connectivity index (χ2v) is 6.83. The summed E-state index contributed by atoms with van der Waals surface area (Å²) in [5, 5.41) is 10.7. The zero-order valence-corrected chi connectivity index (χ0v) is 15.2. The van der Waals surface area contributed by atoms with Crippen LogP contribution in [0.15, 0.2) is 52.7 Å². The minimum absolute atomic E-state index is 0.0428. The largest absolute Gasteiger partial charge is 0.507 e. The van der Waals surface area contributed by atoms with Crippen LogP contribution < -0.4 is 4.90 Å². The Morgan fingerprint density at radius 1 is 1.22 bits per heavy atom. The van der Waals surface area contributed by atoms with Crippen molar-refractivity contribution in [1.82, 2.24) is 4.90 Å². The zero-order chi connectivity index (χ0) is 19.6. The van der Waals surface area contributed by atoms with E-state index in [1.165, 1.54) is 40.3 Å². The average Bonchev–Trinajstić information content (AvgIpc) is 3.24. The number of ketones is 1. The Morgan fingerprint density at radius 2 is 1.93 bits per heavy atom. The highest BCUT2D eigenvalue weighted by Gasteiger charge is 2.47. The lowest BCUT2D eigenvalue weighted by Gasteiger charge is -2.23. The maximum Gasteiger partial charge on any atom is 0.295 e. The first-order chi connectivity index (χ1) is 12.9. The average molecular weight is 373 g/mol. The van der Waals surface area contributed by atoms with Gasteiger partial charge in [0.1, 0.15) is 23.4 Å². The van der Waals surface area contributed by atoms with Gasteiger partial charge in [-0.1, -0.05) is 0 Å². The number of amides is 1. The van der Waals surface area contributed by atoms with Gasteiger partial charge < -0.3 is 19.3 Å². The third kappa shape index (κ3) is 3.78. The third-order valence-electron chi connectivity index (χ3n) is 4.55. The van der Waals surface area contributed by atoms with Crippen molar-refractivity contribution in [2.75, 3.05) is 27.2 Å². The fourth-order valence-corrected chi connectivity index (χ4v) is 3.22. The first kappa shape index (κ1) is 18.8. The van der Waals surface area contributed by atoms with Crippen LogP contribution in [0.3, 0.4) is 0 Å². The van der Waals surface area contributed by atoms with Crippen molar-refractivity contribution in [3.05, 3.63) is 65.4 Å². The van der Waals surface area contributed by atoms with Crippen molar-refractivity contribution in [2.45, 2.75) is 12.5 Å². The van der Waals surface area contributed by atoms with E-state index in [0.29, 0.717) is 18.7 Å². The Morgan fingerprint density at radius 3 is 2.52 bits per heavy atom. The third-order valence-corrected chi connectivity index (χ3v) is 4.55. The quantitative estimate of drug-likeness (QED) is 0.456. The number of nitrogens with zero attached hydrogens (tertiary/aromatic N) is 1. The Balaban J connectivity index is 2.03. The van der Waals surface area contributed by atoms with E-state index >= 15 is 0 Å². The minimum atomic E-state index is -0.804. The number of furan rings is 1. The van der Waals surface area contributed by atoms with Gasteiger partial charge in [0.25, 0.3) is 11.7 Å². The molecule has 2 heterocycles. The Bertz CT molecular complexity index is 857. The predicted molar refractivity (Wildman–Crippen MR) is 96.4 cm³/mol. The van der Waals surface area contributed by atoms with Crippen LogP contribution in [-0.4, -0.2) is 48.9 Å². The zero-order valence-electron chi connectivity index (χ0n) is 15.2. The van der Waals surface area contributed by atoms with E-state index in [1.807, 2.05) is 14.1 Å². The molecule has 7 heteroatoms. The van der Waals surface area contributed by atoms with Gasteiger partial charge in [-0.05, 0) is 36.4 Å². The molecule has 2 N–H and O–H groups in total. The number of carbonyl (C=O) groups is 2. The molecule has 1 aromatic carbocycles. The Kier molecular flexibility index (Phi) is 5.41. The molecule has 0 aliphatic carbocycles. The molecule has 0 spiro atoms. The van der Waals surface area contributed by atoms with Crippen molar-refractivity contribution in [3.8, 4) is 0 Å². The molecule has 142 valence electrons. The molecule has 1 atom stereocenters. The number of hydrogen-bond donors (Lipinski definition) is 2. The molecule has 2 aromatic rings. The predicted octanol–water partition coefficient (Wildman–Crippen LogP) is 1.38. The smallest absolute Gasteiger partial charge is 0.295 e. The molecule has 0 unspecified atom stereocenters. The van der Waals surface area contributed by atoms with Gasteiger partial charge >= 0.3 is 0 Å². The number of nitrogens with one attached hydrogen (secondary N) is 1. The van der Waals surface area contributed by atoms with E-state index in [1.54, 1.807) is 12.1 Å². The van der Waals surface area contributed by atoms with Crippen LogP contribution in [-0.2, 0) is 9.59 Å². The van der Waals surface area contributed by atoms with Crippen molar-refractivity contribution < 1.29 is 28.4 Å². The molecular formula is C20H22FN2O4+. The highest BCUT2D eigenvalue weighted by molar-refractivity contribution is 6.46. The fraction of sp³-hybridized carbons (Fsp3) is 0.300. The topological polar surface area (TPSA) is 75.2 Å². The molecule has 6 nitrogen and oxygen atoms in total. The van der Waals surface area contributed by atoms with Crippen LogP contribution in [0.1, 0.15) is 23.8 Å². The van der Waals surface area contributed by atoms with Crippen LogP contribution in [0, 0.1) is 5.82 Å². The molecule has 0 radical (unpaired) electrons. The number of Topliss-reactive ketones (excluding diaryl/α,β-unsaturated/α-hetero) is 1. The molecule has 3 rings (SSSR count). The number of rotatable bonds is 6. The van der Waals surface area contributed by atoms with E-state index in [0.717, 1.165) is 6.54 Å². The fourth-order valence-electron chi connectivity index (χ4n) is 3.22. The number of halogens is 1. The van der Waals surface area contributed by atoms with E-state index in [9.17, 15) is 19.1 Å². The number of carbonyl (C=O) groups excluding carboxylic acids is 2. The Hall–Kier alpha value is -2.93. The minimum Gasteiger partial charge on any atom is -0.507 e. The number of quaternary nitrogens is 1. The molecule has 1 aliphatic rings. The van der Waals surface area contributed by atoms with Crippen LogP contribution in [0.25, 0.3) is 5.76 Å². The van der Waals surface area contributed by atoms with E-state index in [-0.39, 0.29) is 16.9 Å². The number of hydrogen-bond acceptors (Lipinski definition) is 4. The van der Waals surface area contributed by atoms with Crippen molar-refractivity contribution in [3.63, 3.8) is 0 Å². The first-order valence-corrected chi connectivity index (χ1v) is 8.77. The van der Waals surface area contributed by atoms with Gasteiger partial charge in [0.05, 0.1) is 32.5 Å². The highest BCUT2D eigenvalue weighted by atomic mass is 19.1. The monoisotopic (exact) mass is 373 g/mol. The normalized spacial score (nSPS) is 19.3. The summed E-state index contributed by atoms with van der Waals surface area (Å²) in [7, 11) is 4.01. The van der Waals surface area contributed by atoms with E-state index in [4.69, 9.17) is 4.42 Å². The van der Waals surface area contributed by atoms with Gasteiger partial charge in [0, 0.05) is 18.5 Å². The second-order valence-electron chi connectivity index (χ2n) is 6.83. The number of benzene rings is 1. The summed E-state index contributed by atoms with van der Waals surface area (Å²) in [6.45, 7) is 1.19. The number of likely N-dealkylation sites (tertiary alicyclic amines) is 1. The van der Waals surface area contributed by atoms with Gasteiger partial charge in [-0.2, -0.15) is 0 Å². The van der Waals surface area contributed by atoms with Crippen LogP contribution in [0.5, 0.6) is 0 Å². The maximum absolute atomic E-state index is 13.2. The van der Waals surface area contributed by atoms with Gasteiger partial charge in [0.2, 0.25) is 0 Å². The van der Waals surface area contributed by atoms with E-state index < -0.39 is 23.5 Å². The highest BCUT2D eigenvalue weighted by Crippen LogP contribution is 2.39. The lowest BCUT2D eigenvalue weighted by molar-refractivity contribution is -0.858. The van der Waals surface area contributed by atoms with Gasteiger partial charge in [-0.15, -0.1) is 0 Å². The van der Waals surface area contributed by atoms with Crippen molar-refractivity contribution in [2.24, 2.45) is 0 Å². The molecule has 0 bridgehead atoms. The van der Waals surface area contributed by atoms with Crippen LogP contribution >= 0.6 is 0 Å². The number of aliphatic hydroxyl groups is 1. The summed E-state index contributed by atoms with van der Waals surface area (Å²) in [6.07, 6.45) is 2.15. The van der Waals surface area contributed by atoms with E-state index in [2.05, 4.69) is 0 Å². The van der Waals surface area contributed by atoms with Gasteiger partial charge in [0.15, 0.2) is 0 Å². The lowest BCUT2D eigenvalue weighted by Crippen LogP contribution is -3.05. The molecule has 1 saturated heterocycles. The molecule has 27 heavy (non-hydrogen) atoms. The summed E-state index contributed by atoms with van der Waals surface area (Å²) in [5.74, 6) is -1.84. The molecule has 1 fully saturated rings. The summed E-state index contributed by atoms with van der Waals surface area (Å²) < 4.78 is 18.6. The number of aliphatic hydroxyl groups excluding tert-OH is 1. The standard InChI is InChI=1S/C20H21FN2O4/c1-22(2)10-4-11-23-17(15-5-3-12-27-15)16(19(25)20(23)26)18(24)13-6-8-14(21)9-7-13/h3,5-9,12,17,24H,4,10-11H2,1-2H3/p+1/t17-/m1/s1. The maximum atomic E-state index is 13.2. The van der Waals surface area contributed by atoms with Crippen molar-refractivity contribution >= 4 is 17.4 Å². The van der Waals surface area contributed by atoms with Crippen molar-refractivity contribution in [1.29, 1.82) is 0 Å². The van der Waals surface area contributed by atoms with Crippen LogP contribution in [0.2, 0.25) is 0 Å². The molecule has 1 amide bonds. The summed E-state index contributed by atoms with van der Waals surface area (Å²) in [6, 6.07) is 7.64. The summed E-state index contributed by atoms with van der Waals surface area (Å²) >= 11 is 0. The molecule has 1 aliphatic heterocycles. The van der Waals surface area contributed by atoms with Gasteiger partial charge in [-0.25, -0.2) is 4.39 Å². The second kappa shape index (κ2) is 7.75. The summed E-state index contributed by atoms with van der Waals surface area (Å²) in [5.41, 5.74) is 0.224. The molecule has 1 aromatic heterocycles. The van der Waals surface area contributed by atoms with Gasteiger partial charge in [-0.3, -0.25) is 9.59 Å². The van der Waals surface area contributed by atoms with Crippen LogP contribution in [0.4, 0.5) is 4.39 Å². The molecular weight excluding hydrogens is 351 g/mol. The lowest BCUT2D eigenvalue weighted by atomic mass is 9.99. The summed E-state index contributed by atoms with van der Waals surface area (Å²) in [4.78, 5) is 27.9. The first-order valence-electron chi connectivity index (χ1n) is 8.77. The Labute approximate surface area is 156 Å². The SMILES string of the molecule is C[NH+](C)CCCN1C(=O)C(=O)C(=C(O)c2ccc(F)cc2)[C@H]1c1ccco1.